The van der Waals surface area contributed by atoms with Crippen molar-refractivity contribution in [3.63, 3.8) is 0 Å². The molecule has 1 atom stereocenters. The van der Waals surface area contributed by atoms with Gasteiger partial charge in [-0.2, -0.15) is 0 Å². The highest BCUT2D eigenvalue weighted by Gasteiger charge is 2.22. The number of likely N-dealkylation sites (N-methyl/N-ethyl adjacent to an activating group) is 1. The lowest BCUT2D eigenvalue weighted by molar-refractivity contribution is 0.0944. The number of hydrogen-bond donors (Lipinski definition) is 2. The quantitative estimate of drug-likeness (QED) is 0.661. The minimum absolute atomic E-state index is 0.0880. The van der Waals surface area contributed by atoms with E-state index in [1.807, 2.05) is 18.2 Å². The molecule has 2 aliphatic heterocycles. The van der Waals surface area contributed by atoms with E-state index in [0.29, 0.717) is 12.2 Å². The van der Waals surface area contributed by atoms with Gasteiger partial charge >= 0.3 is 0 Å². The van der Waals surface area contributed by atoms with Crippen LogP contribution in [0.15, 0.2) is 48.5 Å². The number of nitrogens with one attached hydrogen (secondary N) is 2. The summed E-state index contributed by atoms with van der Waals surface area (Å²) >= 11 is 0. The molecule has 0 spiro atoms. The Kier molecular flexibility index (Phi) is 7.51. The summed E-state index contributed by atoms with van der Waals surface area (Å²) in [5, 5.41) is 6.62. The number of pyridine rings is 1. The van der Waals surface area contributed by atoms with Gasteiger partial charge in [0.2, 0.25) is 0 Å². The first-order valence-corrected chi connectivity index (χ1v) is 11.4. The minimum Gasteiger partial charge on any atom is -0.353 e. The van der Waals surface area contributed by atoms with E-state index in [1.54, 1.807) is 6.07 Å². The molecule has 31 heavy (non-hydrogen) atoms. The molecule has 7 nitrogen and oxygen atoms in total. The number of carbonyl (C=O) groups excluding carboxylic acids is 1. The second kappa shape index (κ2) is 10.7. The number of anilines is 1. The van der Waals surface area contributed by atoms with Crippen LogP contribution >= 0.6 is 0 Å². The smallest absolute Gasteiger partial charge is 0.269 e. The summed E-state index contributed by atoms with van der Waals surface area (Å²) in [4.78, 5) is 24.4. The number of benzene rings is 1. The molecule has 0 unspecified atom stereocenters. The minimum atomic E-state index is -0.0880. The zero-order valence-electron chi connectivity index (χ0n) is 18.5. The van der Waals surface area contributed by atoms with Gasteiger partial charge in [-0.05, 0) is 37.7 Å². The third kappa shape index (κ3) is 6.03. The molecule has 2 fully saturated rings. The normalized spacial score (nSPS) is 20.5. The number of aromatic nitrogens is 1. The first-order chi connectivity index (χ1) is 15.2. The predicted molar refractivity (Wildman–Crippen MR) is 125 cm³/mol. The van der Waals surface area contributed by atoms with Crippen molar-refractivity contribution < 1.29 is 4.79 Å². The van der Waals surface area contributed by atoms with Crippen LogP contribution in [0.5, 0.6) is 0 Å². The summed E-state index contributed by atoms with van der Waals surface area (Å²) in [5.74, 6) is 0.780. The van der Waals surface area contributed by atoms with Crippen molar-refractivity contribution >= 4 is 11.7 Å². The van der Waals surface area contributed by atoms with E-state index in [9.17, 15) is 4.79 Å². The first-order valence-electron chi connectivity index (χ1n) is 11.4. The second-order valence-electron chi connectivity index (χ2n) is 8.50. The molecule has 2 aromatic rings. The Bertz CT molecular complexity index is 837. The van der Waals surface area contributed by atoms with Crippen LogP contribution in [0.4, 0.5) is 5.82 Å². The Balaban J connectivity index is 1.28. The van der Waals surface area contributed by atoms with Gasteiger partial charge in [0.1, 0.15) is 11.5 Å². The van der Waals surface area contributed by atoms with E-state index >= 15 is 0 Å². The molecule has 0 radical (unpaired) electrons. The third-order valence-electron chi connectivity index (χ3n) is 6.20. The van der Waals surface area contributed by atoms with Gasteiger partial charge in [0.15, 0.2) is 0 Å². The van der Waals surface area contributed by atoms with Gasteiger partial charge in [0, 0.05) is 58.4 Å². The van der Waals surface area contributed by atoms with Crippen LogP contribution in [0.1, 0.15) is 28.5 Å². The summed E-state index contributed by atoms with van der Waals surface area (Å²) in [7, 11) is 2.17. The maximum atomic E-state index is 12.6. The van der Waals surface area contributed by atoms with Gasteiger partial charge in [0.05, 0.1) is 0 Å². The van der Waals surface area contributed by atoms with Crippen LogP contribution in [-0.4, -0.2) is 86.6 Å². The highest BCUT2D eigenvalue weighted by atomic mass is 16.1. The molecule has 166 valence electrons. The average Bonchev–Trinajstić information content (AvgIpc) is 2.83. The van der Waals surface area contributed by atoms with Gasteiger partial charge in [-0.25, -0.2) is 4.98 Å². The van der Waals surface area contributed by atoms with Crippen molar-refractivity contribution in [1.29, 1.82) is 0 Å². The van der Waals surface area contributed by atoms with Gasteiger partial charge < -0.3 is 25.3 Å². The fraction of sp³-hybridized carbons (Fsp3) is 0.500. The monoisotopic (exact) mass is 422 g/mol. The van der Waals surface area contributed by atoms with E-state index in [4.69, 9.17) is 0 Å². The molecule has 2 aliphatic rings. The van der Waals surface area contributed by atoms with Crippen molar-refractivity contribution in [1.82, 2.24) is 25.4 Å². The molecular weight excluding hydrogens is 388 g/mol. The number of hydrogen-bond acceptors (Lipinski definition) is 6. The first kappa shape index (κ1) is 21.7. The van der Waals surface area contributed by atoms with Crippen LogP contribution < -0.4 is 15.5 Å². The molecule has 4 rings (SSSR count). The van der Waals surface area contributed by atoms with Crippen LogP contribution in [0, 0.1) is 0 Å². The van der Waals surface area contributed by atoms with Crippen molar-refractivity contribution in [2.75, 3.05) is 70.9 Å². The maximum absolute atomic E-state index is 12.6. The Morgan fingerprint density at radius 2 is 1.87 bits per heavy atom. The number of rotatable bonds is 7. The zero-order valence-corrected chi connectivity index (χ0v) is 18.5. The molecular formula is C24H34N6O. The van der Waals surface area contributed by atoms with Crippen molar-refractivity contribution in [3.05, 3.63) is 59.8 Å². The van der Waals surface area contributed by atoms with Crippen LogP contribution in [0.2, 0.25) is 0 Å². The van der Waals surface area contributed by atoms with E-state index in [0.717, 1.165) is 64.6 Å². The largest absolute Gasteiger partial charge is 0.353 e. The number of amides is 1. The van der Waals surface area contributed by atoms with E-state index in [-0.39, 0.29) is 11.9 Å². The van der Waals surface area contributed by atoms with Crippen LogP contribution in [0.3, 0.4) is 0 Å². The number of carbonyl (C=O) groups is 1. The Labute approximate surface area is 185 Å². The lowest BCUT2D eigenvalue weighted by atomic mass is 10.0. The Hall–Kier alpha value is -2.48. The molecule has 7 heteroatoms. The third-order valence-corrected chi connectivity index (χ3v) is 6.20. The molecule has 0 aliphatic carbocycles. The standard InChI is InChI=1S/C24H34N6O/c1-28-15-17-29(18-16-28)13-6-11-26-24(31)21-9-5-10-23(27-21)30-14-12-25-22(19-30)20-7-3-2-4-8-20/h2-5,7-10,22,25H,6,11-19H2,1H3,(H,26,31)/t22-/m0/s1. The SMILES string of the molecule is CN1CCN(CCCNC(=O)c2cccc(N3CCN[C@H](c4ccccc4)C3)n2)CC1. The molecule has 1 aromatic heterocycles. The predicted octanol–water partition coefficient (Wildman–Crippen LogP) is 1.60. The van der Waals surface area contributed by atoms with Crippen LogP contribution in [-0.2, 0) is 0 Å². The molecule has 2 N–H and O–H groups in total. The number of nitrogens with zero attached hydrogens (tertiary/aromatic N) is 4. The summed E-state index contributed by atoms with van der Waals surface area (Å²) in [6, 6.07) is 16.5. The van der Waals surface area contributed by atoms with Gasteiger partial charge in [-0.1, -0.05) is 36.4 Å². The highest BCUT2D eigenvalue weighted by Crippen LogP contribution is 2.21. The van der Waals surface area contributed by atoms with Crippen molar-refractivity contribution in [3.8, 4) is 0 Å². The van der Waals surface area contributed by atoms with Gasteiger partial charge in [-0.15, -0.1) is 0 Å². The topological polar surface area (TPSA) is 63.7 Å². The number of piperazine rings is 2. The fourth-order valence-corrected chi connectivity index (χ4v) is 4.26. The summed E-state index contributed by atoms with van der Waals surface area (Å²) in [5.41, 5.74) is 1.77. The van der Waals surface area contributed by atoms with Gasteiger partial charge in [0.25, 0.3) is 5.91 Å². The molecule has 2 saturated heterocycles. The fourth-order valence-electron chi connectivity index (χ4n) is 4.26. The van der Waals surface area contributed by atoms with Crippen molar-refractivity contribution in [2.45, 2.75) is 12.5 Å². The molecule has 3 heterocycles. The molecule has 1 amide bonds. The van der Waals surface area contributed by atoms with Gasteiger partial charge in [-0.3, -0.25) is 4.79 Å². The summed E-state index contributed by atoms with van der Waals surface area (Å²) < 4.78 is 0. The molecule has 1 aromatic carbocycles. The Morgan fingerprint density at radius 3 is 2.68 bits per heavy atom. The van der Waals surface area contributed by atoms with Crippen molar-refractivity contribution in [2.24, 2.45) is 0 Å². The highest BCUT2D eigenvalue weighted by molar-refractivity contribution is 5.92. The lowest BCUT2D eigenvalue weighted by Crippen LogP contribution is -2.46. The van der Waals surface area contributed by atoms with E-state index in [1.165, 1.54) is 5.56 Å². The molecule has 0 saturated carbocycles. The average molecular weight is 423 g/mol. The summed E-state index contributed by atoms with van der Waals surface area (Å²) in [6.45, 7) is 8.80. The Morgan fingerprint density at radius 1 is 1.06 bits per heavy atom. The second-order valence-corrected chi connectivity index (χ2v) is 8.50. The zero-order chi connectivity index (χ0) is 21.5. The van der Waals surface area contributed by atoms with E-state index in [2.05, 4.69) is 61.6 Å². The summed E-state index contributed by atoms with van der Waals surface area (Å²) in [6.07, 6.45) is 0.964. The van der Waals surface area contributed by atoms with E-state index < -0.39 is 0 Å². The van der Waals surface area contributed by atoms with Crippen LogP contribution in [0.25, 0.3) is 0 Å². The lowest BCUT2D eigenvalue weighted by Gasteiger charge is -2.35. The maximum Gasteiger partial charge on any atom is 0.269 e. The molecule has 0 bridgehead atoms.